The van der Waals surface area contributed by atoms with E-state index in [1.54, 1.807) is 13.8 Å². The average molecular weight is 288 g/mol. The van der Waals surface area contributed by atoms with Crippen LogP contribution in [0.2, 0.25) is 0 Å². The zero-order valence-electron chi connectivity index (χ0n) is 13.4. The molecule has 20 heavy (non-hydrogen) atoms. The Hall–Kier alpha value is -1.43. The molecule has 0 amide bonds. The molecular weight excluding hydrogens is 264 g/mol. The van der Waals surface area contributed by atoms with Gasteiger partial charge in [0.2, 0.25) is 11.2 Å². The molecule has 1 fully saturated rings. The van der Waals surface area contributed by atoms with E-state index in [0.717, 1.165) is 0 Å². The highest BCUT2D eigenvalue weighted by Gasteiger charge is 2.48. The predicted molar refractivity (Wildman–Crippen MR) is 72.1 cm³/mol. The fourth-order valence-corrected chi connectivity index (χ4v) is 0.936. The van der Waals surface area contributed by atoms with Gasteiger partial charge in [0.1, 0.15) is 5.60 Å². The molecule has 6 heteroatoms. The number of ketones is 1. The highest BCUT2D eigenvalue weighted by molar-refractivity contribution is 5.91. The first-order valence-electron chi connectivity index (χ1n) is 6.29. The van der Waals surface area contributed by atoms with E-state index < -0.39 is 28.7 Å². The Morgan fingerprint density at radius 3 is 1.45 bits per heavy atom. The lowest BCUT2D eigenvalue weighted by Gasteiger charge is -2.36. The number of esters is 2. The first kappa shape index (κ1) is 18.6. The molecule has 0 aliphatic carbocycles. The summed E-state index contributed by atoms with van der Waals surface area (Å²) in [5.41, 5.74) is -2.89. The first-order valence-corrected chi connectivity index (χ1v) is 6.29. The van der Waals surface area contributed by atoms with Gasteiger partial charge < -0.3 is 14.2 Å². The molecule has 1 aliphatic rings. The highest BCUT2D eigenvalue weighted by atomic mass is 16.7. The van der Waals surface area contributed by atoms with Gasteiger partial charge in [-0.25, -0.2) is 9.59 Å². The molecular formula is C14H24O6. The fraction of sp³-hybridized carbons (Fsp3) is 0.786. The fourth-order valence-electron chi connectivity index (χ4n) is 0.936. The molecule has 0 radical (unpaired) electrons. The summed E-state index contributed by atoms with van der Waals surface area (Å²) in [6.45, 7) is 11.0. The smallest absolute Gasteiger partial charge is 0.351 e. The van der Waals surface area contributed by atoms with E-state index in [9.17, 15) is 14.4 Å². The molecule has 1 rings (SSSR count). The molecule has 1 aliphatic heterocycles. The second kappa shape index (κ2) is 5.91. The molecule has 0 unspecified atom stereocenters. The third-order valence-corrected chi connectivity index (χ3v) is 3.04. The van der Waals surface area contributed by atoms with Crippen molar-refractivity contribution in [1.29, 1.82) is 0 Å². The van der Waals surface area contributed by atoms with E-state index in [2.05, 4.69) is 0 Å². The first-order chi connectivity index (χ1) is 8.76. The summed E-state index contributed by atoms with van der Waals surface area (Å²) in [7, 11) is 1.53. The molecule has 0 aromatic heterocycles. The maximum absolute atomic E-state index is 11.2. The van der Waals surface area contributed by atoms with E-state index >= 15 is 0 Å². The highest BCUT2D eigenvalue weighted by Crippen LogP contribution is 2.26. The van der Waals surface area contributed by atoms with E-state index in [1.165, 1.54) is 41.7 Å². The SMILES string of the molecule is CC1(C)OC(=O)C(C)(C)OC1=O.COC(C)(C)C(C)=O. The number of carbonyl (C=O) groups is 3. The van der Waals surface area contributed by atoms with E-state index in [1.807, 2.05) is 0 Å². The lowest BCUT2D eigenvalue weighted by Crippen LogP contribution is -2.54. The number of carbonyl (C=O) groups excluding carboxylic acids is 3. The van der Waals surface area contributed by atoms with Crippen LogP contribution < -0.4 is 0 Å². The average Bonchev–Trinajstić information content (AvgIpc) is 2.26. The van der Waals surface area contributed by atoms with Gasteiger partial charge in [-0.2, -0.15) is 0 Å². The molecule has 6 nitrogen and oxygen atoms in total. The summed E-state index contributed by atoms with van der Waals surface area (Å²) < 4.78 is 14.6. The normalized spacial score (nSPS) is 20.2. The summed E-state index contributed by atoms with van der Waals surface area (Å²) in [6.07, 6.45) is 0. The summed E-state index contributed by atoms with van der Waals surface area (Å²) in [6, 6.07) is 0. The Labute approximate surface area is 119 Å². The monoisotopic (exact) mass is 288 g/mol. The molecule has 0 aromatic carbocycles. The number of ether oxygens (including phenoxy) is 3. The second-order valence-electron chi connectivity index (χ2n) is 6.07. The van der Waals surface area contributed by atoms with Crippen molar-refractivity contribution in [3.63, 3.8) is 0 Å². The third kappa shape index (κ3) is 4.59. The summed E-state index contributed by atoms with van der Waals surface area (Å²) in [5.74, 6) is -0.959. The molecule has 0 N–H and O–H groups in total. The van der Waals surface area contributed by atoms with Crippen LogP contribution in [0.4, 0.5) is 0 Å². The molecule has 0 spiro atoms. The van der Waals surface area contributed by atoms with E-state index in [4.69, 9.17) is 14.2 Å². The van der Waals surface area contributed by atoms with Gasteiger partial charge in [0.25, 0.3) is 0 Å². The van der Waals surface area contributed by atoms with Crippen LogP contribution in [0.1, 0.15) is 48.5 Å². The Bertz CT molecular complexity index is 380. The minimum Gasteiger partial charge on any atom is -0.445 e. The van der Waals surface area contributed by atoms with Crippen LogP contribution in [-0.4, -0.2) is 41.6 Å². The van der Waals surface area contributed by atoms with Crippen molar-refractivity contribution in [1.82, 2.24) is 0 Å². The van der Waals surface area contributed by atoms with Crippen LogP contribution in [0.15, 0.2) is 0 Å². The number of hydrogen-bond donors (Lipinski definition) is 0. The quantitative estimate of drug-likeness (QED) is 0.719. The number of cyclic esters (lactones) is 2. The number of rotatable bonds is 2. The van der Waals surface area contributed by atoms with Crippen molar-refractivity contribution < 1.29 is 28.6 Å². The third-order valence-electron chi connectivity index (χ3n) is 3.04. The standard InChI is InChI=1S/C8H12O4.C6H12O2/c1-7(2)5(9)12-8(3,4)6(10)11-7;1-5(7)6(2,3)8-4/h1-4H3;1-4H3. The molecule has 0 atom stereocenters. The summed E-state index contributed by atoms with van der Waals surface area (Å²) >= 11 is 0. The van der Waals surface area contributed by atoms with Crippen molar-refractivity contribution >= 4 is 17.7 Å². The van der Waals surface area contributed by atoms with Gasteiger partial charge in [-0.3, -0.25) is 4.79 Å². The molecule has 0 saturated carbocycles. The van der Waals surface area contributed by atoms with Crippen LogP contribution in [0.25, 0.3) is 0 Å². The molecule has 0 aromatic rings. The summed E-state index contributed by atoms with van der Waals surface area (Å²) in [4.78, 5) is 32.9. The Kier molecular flexibility index (Phi) is 5.49. The summed E-state index contributed by atoms with van der Waals surface area (Å²) in [5, 5.41) is 0. The van der Waals surface area contributed by atoms with Gasteiger partial charge >= 0.3 is 11.9 Å². The maximum atomic E-state index is 11.2. The number of Topliss-reactive ketones (excluding diaryl/α,β-unsaturated/α-hetero) is 1. The van der Waals surface area contributed by atoms with E-state index in [0.29, 0.717) is 0 Å². The van der Waals surface area contributed by atoms with Gasteiger partial charge in [0.15, 0.2) is 5.78 Å². The van der Waals surface area contributed by atoms with Gasteiger partial charge in [-0.15, -0.1) is 0 Å². The van der Waals surface area contributed by atoms with Crippen LogP contribution in [0, 0.1) is 0 Å². The van der Waals surface area contributed by atoms with Crippen LogP contribution >= 0.6 is 0 Å². The largest absolute Gasteiger partial charge is 0.445 e. The lowest BCUT2D eigenvalue weighted by atomic mass is 10.0. The molecule has 1 heterocycles. The Morgan fingerprint density at radius 1 is 1.00 bits per heavy atom. The molecule has 116 valence electrons. The zero-order valence-corrected chi connectivity index (χ0v) is 13.4. The van der Waals surface area contributed by atoms with Crippen molar-refractivity contribution in [2.45, 2.75) is 65.3 Å². The lowest BCUT2D eigenvalue weighted by molar-refractivity contribution is -0.218. The zero-order chi connectivity index (χ0) is 16.4. The molecule has 0 bridgehead atoms. The van der Waals surface area contributed by atoms with Crippen LogP contribution in [-0.2, 0) is 28.6 Å². The minimum atomic E-state index is -1.15. The molecule has 1 saturated heterocycles. The van der Waals surface area contributed by atoms with Crippen LogP contribution in [0.5, 0.6) is 0 Å². The van der Waals surface area contributed by atoms with Gasteiger partial charge in [-0.1, -0.05) is 0 Å². The van der Waals surface area contributed by atoms with Crippen molar-refractivity contribution in [2.24, 2.45) is 0 Å². The number of hydrogen-bond acceptors (Lipinski definition) is 6. The minimum absolute atomic E-state index is 0.0556. The Balaban J connectivity index is 0.000000396. The predicted octanol–water partition coefficient (Wildman–Crippen LogP) is 1.64. The van der Waals surface area contributed by atoms with Crippen molar-refractivity contribution in [2.75, 3.05) is 7.11 Å². The Morgan fingerprint density at radius 2 is 1.30 bits per heavy atom. The van der Waals surface area contributed by atoms with E-state index in [-0.39, 0.29) is 5.78 Å². The van der Waals surface area contributed by atoms with Gasteiger partial charge in [0.05, 0.1) is 0 Å². The topological polar surface area (TPSA) is 78.9 Å². The van der Waals surface area contributed by atoms with Gasteiger partial charge in [-0.05, 0) is 48.5 Å². The van der Waals surface area contributed by atoms with Crippen molar-refractivity contribution in [3.8, 4) is 0 Å². The second-order valence-corrected chi connectivity index (χ2v) is 6.07. The number of methoxy groups -OCH3 is 1. The van der Waals surface area contributed by atoms with Gasteiger partial charge in [0, 0.05) is 7.11 Å². The maximum Gasteiger partial charge on any atom is 0.351 e. The van der Waals surface area contributed by atoms with Crippen LogP contribution in [0.3, 0.4) is 0 Å². The van der Waals surface area contributed by atoms with Crippen molar-refractivity contribution in [3.05, 3.63) is 0 Å².